The molecule has 0 aliphatic rings. The van der Waals surface area contributed by atoms with Gasteiger partial charge in [-0.3, -0.25) is 0 Å². The fourth-order valence-corrected chi connectivity index (χ4v) is 1.71. The van der Waals surface area contributed by atoms with Crippen LogP contribution >= 0.6 is 0 Å². The van der Waals surface area contributed by atoms with E-state index in [2.05, 4.69) is 9.72 Å². The number of ether oxygens (including phenoxy) is 1. The average molecular weight is 270 g/mol. The minimum Gasteiger partial charge on any atom is -0.466 e. The van der Waals surface area contributed by atoms with Gasteiger partial charge in [-0.15, -0.1) is 0 Å². The van der Waals surface area contributed by atoms with Crippen LogP contribution in [0, 0.1) is 18.3 Å². The molecular formula is C14H10N2O4. The molecule has 0 aliphatic heterocycles. The number of benzene rings is 1. The molecule has 0 N–H and O–H groups in total. The zero-order valence-corrected chi connectivity index (χ0v) is 10.8. The molecule has 0 amide bonds. The molecule has 1 aromatic carbocycles. The van der Waals surface area contributed by atoms with Crippen molar-refractivity contribution in [2.45, 2.75) is 6.92 Å². The highest BCUT2D eigenvalue weighted by Gasteiger charge is 2.09. The molecule has 0 aliphatic carbocycles. The van der Waals surface area contributed by atoms with Crippen LogP contribution in [0.25, 0.3) is 17.0 Å². The van der Waals surface area contributed by atoms with Crippen LogP contribution in [0.2, 0.25) is 0 Å². The molecule has 0 unspecified atom stereocenters. The van der Waals surface area contributed by atoms with Crippen molar-refractivity contribution in [1.82, 2.24) is 4.98 Å². The third-order valence-corrected chi connectivity index (χ3v) is 2.63. The molecule has 6 nitrogen and oxygen atoms in total. The largest absolute Gasteiger partial charge is 0.466 e. The zero-order chi connectivity index (χ0) is 14.7. The molecule has 0 spiro atoms. The Hall–Kier alpha value is -2.94. The summed E-state index contributed by atoms with van der Waals surface area (Å²) in [4.78, 5) is 27.0. The number of hydrogen-bond donors (Lipinski definition) is 0. The van der Waals surface area contributed by atoms with Gasteiger partial charge in [0.1, 0.15) is 0 Å². The number of rotatable bonds is 2. The Balaban J connectivity index is 2.62. The standard InChI is InChI=1S/C14H10N2O4/c1-8-5-9(7-15)6-10-13(8)16-11(20-14(10)18)3-4-12(17)19-2/h3-6H,1-2H3/b4-3-. The first-order valence-electron chi connectivity index (χ1n) is 5.67. The summed E-state index contributed by atoms with van der Waals surface area (Å²) >= 11 is 0. The summed E-state index contributed by atoms with van der Waals surface area (Å²) in [5.41, 5.74) is 0.867. The Labute approximate surface area is 113 Å². The second-order valence-corrected chi connectivity index (χ2v) is 4.00. The van der Waals surface area contributed by atoms with Crippen molar-refractivity contribution in [3.8, 4) is 6.07 Å². The molecule has 0 atom stereocenters. The first kappa shape index (κ1) is 13.5. The molecule has 2 rings (SSSR count). The number of aromatic nitrogens is 1. The summed E-state index contributed by atoms with van der Waals surface area (Å²) in [7, 11) is 1.24. The smallest absolute Gasteiger partial charge is 0.347 e. The van der Waals surface area contributed by atoms with Crippen LogP contribution in [0.15, 0.2) is 27.4 Å². The van der Waals surface area contributed by atoms with E-state index in [1.807, 2.05) is 6.07 Å². The van der Waals surface area contributed by atoms with Crippen molar-refractivity contribution in [2.75, 3.05) is 7.11 Å². The second-order valence-electron chi connectivity index (χ2n) is 4.00. The monoisotopic (exact) mass is 270 g/mol. The Kier molecular flexibility index (Phi) is 3.62. The van der Waals surface area contributed by atoms with Crippen molar-refractivity contribution in [2.24, 2.45) is 0 Å². The fourth-order valence-electron chi connectivity index (χ4n) is 1.71. The fraction of sp³-hybridized carbons (Fsp3) is 0.143. The number of fused-ring (bicyclic) bond motifs is 1. The molecule has 0 fully saturated rings. The van der Waals surface area contributed by atoms with E-state index in [-0.39, 0.29) is 11.3 Å². The maximum Gasteiger partial charge on any atom is 0.347 e. The highest BCUT2D eigenvalue weighted by Crippen LogP contribution is 2.16. The Morgan fingerprint density at radius 2 is 2.25 bits per heavy atom. The van der Waals surface area contributed by atoms with E-state index < -0.39 is 11.6 Å². The SMILES string of the molecule is COC(=O)/C=C\c1nc2c(C)cc(C#N)cc2c(=O)o1. The van der Waals surface area contributed by atoms with Gasteiger partial charge in [0, 0.05) is 12.2 Å². The van der Waals surface area contributed by atoms with Gasteiger partial charge in [-0.25, -0.2) is 14.6 Å². The van der Waals surface area contributed by atoms with Crippen molar-refractivity contribution in [1.29, 1.82) is 5.26 Å². The molecule has 1 heterocycles. The first-order valence-corrected chi connectivity index (χ1v) is 5.67. The van der Waals surface area contributed by atoms with Gasteiger partial charge in [0.25, 0.3) is 0 Å². The van der Waals surface area contributed by atoms with Crippen LogP contribution in [-0.4, -0.2) is 18.1 Å². The summed E-state index contributed by atoms with van der Waals surface area (Å²) in [6, 6.07) is 5.02. The van der Waals surface area contributed by atoms with Crippen molar-refractivity contribution in [3.63, 3.8) is 0 Å². The molecule has 0 saturated heterocycles. The van der Waals surface area contributed by atoms with E-state index >= 15 is 0 Å². The maximum absolute atomic E-state index is 11.9. The zero-order valence-electron chi connectivity index (χ0n) is 10.8. The predicted octanol–water partition coefficient (Wildman–Crippen LogP) is 1.55. The third-order valence-electron chi connectivity index (χ3n) is 2.63. The summed E-state index contributed by atoms with van der Waals surface area (Å²) in [5, 5.41) is 9.11. The van der Waals surface area contributed by atoms with E-state index in [9.17, 15) is 9.59 Å². The van der Waals surface area contributed by atoms with E-state index in [0.717, 1.165) is 6.08 Å². The number of hydrogen-bond acceptors (Lipinski definition) is 6. The molecule has 2 aromatic rings. The number of esters is 1. The normalized spacial score (nSPS) is 10.7. The van der Waals surface area contributed by atoms with E-state index in [0.29, 0.717) is 16.6 Å². The van der Waals surface area contributed by atoms with Crippen LogP contribution in [0.4, 0.5) is 0 Å². The number of nitriles is 1. The number of aryl methyl sites for hydroxylation is 1. The van der Waals surface area contributed by atoms with Gasteiger partial charge in [-0.05, 0) is 24.6 Å². The molecule has 0 saturated carbocycles. The number of carbonyl (C=O) groups is 1. The van der Waals surface area contributed by atoms with Crippen molar-refractivity contribution < 1.29 is 13.9 Å². The minimum absolute atomic E-state index is 0.000655. The van der Waals surface area contributed by atoms with Crippen molar-refractivity contribution in [3.05, 3.63) is 45.6 Å². The molecule has 100 valence electrons. The summed E-state index contributed by atoms with van der Waals surface area (Å²) in [6.07, 6.45) is 2.36. The molecule has 1 aromatic heterocycles. The van der Waals surface area contributed by atoms with Crippen LogP contribution in [0.1, 0.15) is 17.0 Å². The highest BCUT2D eigenvalue weighted by atomic mass is 16.5. The lowest BCUT2D eigenvalue weighted by atomic mass is 10.1. The molecule has 6 heteroatoms. The molecule has 20 heavy (non-hydrogen) atoms. The Morgan fingerprint density at radius 3 is 2.90 bits per heavy atom. The van der Waals surface area contributed by atoms with Crippen LogP contribution < -0.4 is 5.63 Å². The van der Waals surface area contributed by atoms with E-state index in [1.165, 1.54) is 19.3 Å². The van der Waals surface area contributed by atoms with Gasteiger partial charge in [0.05, 0.1) is 29.6 Å². The quantitative estimate of drug-likeness (QED) is 0.607. The van der Waals surface area contributed by atoms with Gasteiger partial charge in [0.2, 0.25) is 5.89 Å². The van der Waals surface area contributed by atoms with Crippen LogP contribution in [0.5, 0.6) is 0 Å². The Bertz CT molecular complexity index is 812. The molecular weight excluding hydrogens is 260 g/mol. The summed E-state index contributed by atoms with van der Waals surface area (Å²) in [6.45, 7) is 1.74. The van der Waals surface area contributed by atoms with Crippen LogP contribution in [-0.2, 0) is 9.53 Å². The summed E-state index contributed by atoms with van der Waals surface area (Å²) in [5.74, 6) is -0.577. The minimum atomic E-state index is -0.611. The molecule has 0 radical (unpaired) electrons. The summed E-state index contributed by atoms with van der Waals surface area (Å²) < 4.78 is 9.40. The topological polar surface area (TPSA) is 93.2 Å². The first-order chi connectivity index (χ1) is 9.55. The number of methoxy groups -OCH3 is 1. The van der Waals surface area contributed by atoms with E-state index in [1.54, 1.807) is 13.0 Å². The lowest BCUT2D eigenvalue weighted by Gasteiger charge is -2.02. The highest BCUT2D eigenvalue weighted by molar-refractivity contribution is 5.87. The van der Waals surface area contributed by atoms with Gasteiger partial charge < -0.3 is 9.15 Å². The van der Waals surface area contributed by atoms with Gasteiger partial charge in [-0.2, -0.15) is 5.26 Å². The lowest BCUT2D eigenvalue weighted by molar-refractivity contribution is -0.134. The predicted molar refractivity (Wildman–Crippen MR) is 70.8 cm³/mol. The van der Waals surface area contributed by atoms with Gasteiger partial charge in [0.15, 0.2) is 0 Å². The maximum atomic E-state index is 11.9. The van der Waals surface area contributed by atoms with Crippen molar-refractivity contribution >= 4 is 22.9 Å². The second kappa shape index (κ2) is 5.36. The molecule has 0 bridgehead atoms. The van der Waals surface area contributed by atoms with Crippen LogP contribution in [0.3, 0.4) is 0 Å². The third kappa shape index (κ3) is 2.57. The lowest BCUT2D eigenvalue weighted by Crippen LogP contribution is -2.05. The Morgan fingerprint density at radius 1 is 1.50 bits per heavy atom. The average Bonchev–Trinajstić information content (AvgIpc) is 2.45. The van der Waals surface area contributed by atoms with E-state index in [4.69, 9.17) is 9.68 Å². The van der Waals surface area contributed by atoms with Gasteiger partial charge in [-0.1, -0.05) is 0 Å². The number of carbonyl (C=O) groups excluding carboxylic acids is 1. The van der Waals surface area contributed by atoms with Gasteiger partial charge >= 0.3 is 11.6 Å². The number of nitrogens with zero attached hydrogens (tertiary/aromatic N) is 2.